The molecule has 6 nitrogen and oxygen atoms in total. The Morgan fingerprint density at radius 3 is 2.48 bits per heavy atom. The molecule has 0 amide bonds. The third-order valence-electron chi connectivity index (χ3n) is 3.46. The van der Waals surface area contributed by atoms with E-state index >= 15 is 0 Å². The van der Waals surface area contributed by atoms with Gasteiger partial charge in [-0.25, -0.2) is 14.6 Å². The standard InChI is InChI=1S/C19H15NO5/c1-12-2-6-14(7-3-12)18-20-16(19(23)25-18)10-13-4-8-15(9-5-13)24-11-17(21)22/h2-10H,11H2,1H3,(H,21,22)/b16-10-. The van der Waals surface area contributed by atoms with Crippen LogP contribution in [0.25, 0.3) is 6.08 Å². The lowest BCUT2D eigenvalue weighted by atomic mass is 10.1. The van der Waals surface area contributed by atoms with Gasteiger partial charge in [0.25, 0.3) is 0 Å². The van der Waals surface area contributed by atoms with E-state index in [0.29, 0.717) is 5.75 Å². The molecular weight excluding hydrogens is 322 g/mol. The van der Waals surface area contributed by atoms with E-state index in [-0.39, 0.29) is 11.6 Å². The molecule has 0 saturated heterocycles. The second-order valence-corrected chi connectivity index (χ2v) is 5.45. The van der Waals surface area contributed by atoms with E-state index < -0.39 is 18.5 Å². The Kier molecular flexibility index (Phi) is 4.61. The Morgan fingerprint density at radius 1 is 1.16 bits per heavy atom. The quantitative estimate of drug-likeness (QED) is 0.670. The molecule has 0 unspecified atom stereocenters. The predicted octanol–water partition coefficient (Wildman–Crippen LogP) is 2.80. The molecule has 3 rings (SSSR count). The fraction of sp³-hybridized carbons (Fsp3) is 0.105. The fourth-order valence-electron chi connectivity index (χ4n) is 2.19. The van der Waals surface area contributed by atoms with Crippen molar-refractivity contribution in [2.24, 2.45) is 4.99 Å². The number of hydrogen-bond donors (Lipinski definition) is 1. The number of aliphatic imine (C=N–C) groups is 1. The zero-order valence-electron chi connectivity index (χ0n) is 13.4. The second kappa shape index (κ2) is 7.00. The van der Waals surface area contributed by atoms with Crippen molar-refractivity contribution in [3.63, 3.8) is 0 Å². The average molecular weight is 337 g/mol. The van der Waals surface area contributed by atoms with Crippen molar-refractivity contribution in [2.75, 3.05) is 6.61 Å². The zero-order valence-corrected chi connectivity index (χ0v) is 13.4. The molecule has 1 aliphatic heterocycles. The predicted molar refractivity (Wildman–Crippen MR) is 91.4 cm³/mol. The SMILES string of the molecule is Cc1ccc(C2=N/C(=C\c3ccc(OCC(=O)O)cc3)C(=O)O2)cc1. The molecule has 0 fully saturated rings. The number of rotatable bonds is 5. The van der Waals surface area contributed by atoms with Gasteiger partial charge < -0.3 is 14.6 Å². The highest BCUT2D eigenvalue weighted by molar-refractivity contribution is 6.12. The lowest BCUT2D eigenvalue weighted by Gasteiger charge is -2.02. The summed E-state index contributed by atoms with van der Waals surface area (Å²) in [5.41, 5.74) is 2.77. The number of cyclic esters (lactones) is 1. The largest absolute Gasteiger partial charge is 0.482 e. The summed E-state index contributed by atoms with van der Waals surface area (Å²) in [6, 6.07) is 14.2. The number of carbonyl (C=O) groups excluding carboxylic acids is 1. The van der Waals surface area contributed by atoms with Crippen molar-refractivity contribution in [1.82, 2.24) is 0 Å². The molecule has 1 heterocycles. The lowest BCUT2D eigenvalue weighted by molar-refractivity contribution is -0.139. The normalized spacial score (nSPS) is 15.0. The highest BCUT2D eigenvalue weighted by atomic mass is 16.6. The average Bonchev–Trinajstić information content (AvgIpc) is 2.95. The maximum absolute atomic E-state index is 12.0. The number of hydrogen-bond acceptors (Lipinski definition) is 5. The van der Waals surface area contributed by atoms with Crippen LogP contribution in [0.2, 0.25) is 0 Å². The number of benzene rings is 2. The van der Waals surface area contributed by atoms with E-state index in [2.05, 4.69) is 4.99 Å². The molecule has 0 bridgehead atoms. The van der Waals surface area contributed by atoms with Crippen LogP contribution in [0.5, 0.6) is 5.75 Å². The van der Waals surface area contributed by atoms with E-state index in [4.69, 9.17) is 14.6 Å². The maximum atomic E-state index is 12.0. The number of aryl methyl sites for hydroxylation is 1. The monoisotopic (exact) mass is 337 g/mol. The zero-order chi connectivity index (χ0) is 17.8. The minimum absolute atomic E-state index is 0.203. The number of carboxylic acid groups (broad SMARTS) is 1. The number of ether oxygens (including phenoxy) is 2. The van der Waals surface area contributed by atoms with Crippen molar-refractivity contribution in [1.29, 1.82) is 0 Å². The Morgan fingerprint density at radius 2 is 1.84 bits per heavy atom. The van der Waals surface area contributed by atoms with Crippen LogP contribution in [0.3, 0.4) is 0 Å². The number of nitrogens with zero attached hydrogens (tertiary/aromatic N) is 1. The number of aliphatic carboxylic acids is 1. The minimum Gasteiger partial charge on any atom is -0.482 e. The van der Waals surface area contributed by atoms with Gasteiger partial charge in [-0.15, -0.1) is 0 Å². The Labute approximate surface area is 144 Å². The van der Waals surface area contributed by atoms with Gasteiger partial charge in [0.15, 0.2) is 12.3 Å². The highest BCUT2D eigenvalue weighted by Gasteiger charge is 2.23. The van der Waals surface area contributed by atoms with Gasteiger partial charge in [0.2, 0.25) is 5.90 Å². The third kappa shape index (κ3) is 4.11. The molecule has 2 aromatic rings. The number of carboxylic acids is 1. The number of carbonyl (C=O) groups is 2. The first-order valence-corrected chi connectivity index (χ1v) is 7.55. The summed E-state index contributed by atoms with van der Waals surface area (Å²) >= 11 is 0. The van der Waals surface area contributed by atoms with Crippen LogP contribution in [0.4, 0.5) is 0 Å². The van der Waals surface area contributed by atoms with Gasteiger partial charge in [0.1, 0.15) is 5.75 Å². The second-order valence-electron chi connectivity index (χ2n) is 5.45. The van der Waals surface area contributed by atoms with Gasteiger partial charge in [0.05, 0.1) is 0 Å². The summed E-state index contributed by atoms with van der Waals surface area (Å²) in [5.74, 6) is -0.847. The van der Waals surface area contributed by atoms with Gasteiger partial charge >= 0.3 is 11.9 Å². The third-order valence-corrected chi connectivity index (χ3v) is 3.46. The van der Waals surface area contributed by atoms with Crippen molar-refractivity contribution < 1.29 is 24.2 Å². The lowest BCUT2D eigenvalue weighted by Crippen LogP contribution is -2.09. The molecule has 0 aromatic heterocycles. The first-order valence-electron chi connectivity index (χ1n) is 7.55. The van der Waals surface area contributed by atoms with Crippen LogP contribution >= 0.6 is 0 Å². The topological polar surface area (TPSA) is 85.2 Å². The van der Waals surface area contributed by atoms with Crippen LogP contribution < -0.4 is 4.74 Å². The van der Waals surface area contributed by atoms with Crippen LogP contribution in [-0.4, -0.2) is 29.5 Å². The molecular formula is C19H15NO5. The minimum atomic E-state index is -1.04. The van der Waals surface area contributed by atoms with Crippen molar-refractivity contribution >= 4 is 23.9 Å². The molecule has 1 N–H and O–H groups in total. The summed E-state index contributed by atoms with van der Waals surface area (Å²) in [6.07, 6.45) is 1.60. The fourth-order valence-corrected chi connectivity index (χ4v) is 2.19. The first-order chi connectivity index (χ1) is 12.0. The first kappa shape index (κ1) is 16.4. The van der Waals surface area contributed by atoms with Gasteiger partial charge in [-0.05, 0) is 42.8 Å². The molecule has 1 aliphatic rings. The molecule has 0 radical (unpaired) electrons. The maximum Gasteiger partial charge on any atom is 0.363 e. The van der Waals surface area contributed by atoms with Crippen LogP contribution in [0, 0.1) is 6.92 Å². The Bertz CT molecular complexity index is 864. The smallest absolute Gasteiger partial charge is 0.363 e. The Balaban J connectivity index is 1.77. The highest BCUT2D eigenvalue weighted by Crippen LogP contribution is 2.20. The summed E-state index contributed by atoms with van der Waals surface area (Å²) < 4.78 is 10.3. The Hall–Kier alpha value is -3.41. The molecule has 6 heteroatoms. The van der Waals surface area contributed by atoms with Gasteiger partial charge in [0, 0.05) is 5.56 Å². The van der Waals surface area contributed by atoms with E-state index in [9.17, 15) is 9.59 Å². The summed E-state index contributed by atoms with van der Waals surface area (Å²) in [7, 11) is 0. The van der Waals surface area contributed by atoms with Crippen LogP contribution in [-0.2, 0) is 14.3 Å². The molecule has 126 valence electrons. The van der Waals surface area contributed by atoms with Gasteiger partial charge in [-0.3, -0.25) is 0 Å². The van der Waals surface area contributed by atoms with E-state index in [0.717, 1.165) is 16.7 Å². The van der Waals surface area contributed by atoms with E-state index in [1.165, 1.54) is 0 Å². The molecule has 0 atom stereocenters. The van der Waals surface area contributed by atoms with Crippen molar-refractivity contribution in [3.05, 3.63) is 70.9 Å². The van der Waals surface area contributed by atoms with E-state index in [1.54, 1.807) is 30.3 Å². The van der Waals surface area contributed by atoms with Gasteiger partial charge in [-0.2, -0.15) is 0 Å². The van der Waals surface area contributed by atoms with Gasteiger partial charge in [-0.1, -0.05) is 29.8 Å². The summed E-state index contributed by atoms with van der Waals surface area (Å²) in [4.78, 5) is 26.7. The molecule has 25 heavy (non-hydrogen) atoms. The molecule has 0 saturated carbocycles. The van der Waals surface area contributed by atoms with Crippen LogP contribution in [0.1, 0.15) is 16.7 Å². The summed E-state index contributed by atoms with van der Waals surface area (Å²) in [5, 5.41) is 8.58. The van der Waals surface area contributed by atoms with Crippen molar-refractivity contribution in [3.8, 4) is 5.75 Å². The summed E-state index contributed by atoms with van der Waals surface area (Å²) in [6.45, 7) is 1.57. The van der Waals surface area contributed by atoms with Crippen LogP contribution in [0.15, 0.2) is 59.2 Å². The van der Waals surface area contributed by atoms with Crippen molar-refractivity contribution in [2.45, 2.75) is 6.92 Å². The molecule has 0 spiro atoms. The van der Waals surface area contributed by atoms with E-state index in [1.807, 2.05) is 31.2 Å². The number of esters is 1. The molecule has 2 aromatic carbocycles. The molecule has 0 aliphatic carbocycles.